The Balaban J connectivity index is 1.37. The van der Waals surface area contributed by atoms with Crippen molar-refractivity contribution in [2.75, 3.05) is 6.54 Å². The first-order chi connectivity index (χ1) is 11.6. The summed E-state index contributed by atoms with van der Waals surface area (Å²) in [5.74, 6) is 2.37. The van der Waals surface area contributed by atoms with Gasteiger partial charge >= 0.3 is 0 Å². The minimum atomic E-state index is -0.537. The lowest BCUT2D eigenvalue weighted by atomic mass is 9.49. The molecular weight excluding hydrogens is 324 g/mol. The predicted molar refractivity (Wildman–Crippen MR) is 93.0 cm³/mol. The lowest BCUT2D eigenvalue weighted by molar-refractivity contribution is -0.0514. The Morgan fingerprint density at radius 2 is 1.79 bits per heavy atom. The Hall–Kier alpha value is -1.10. The third-order valence-electron chi connectivity index (χ3n) is 6.40. The molecule has 0 heterocycles. The molecule has 4 aliphatic carbocycles. The Labute approximate surface area is 147 Å². The van der Waals surface area contributed by atoms with Crippen LogP contribution in [0.3, 0.4) is 0 Å². The zero-order chi connectivity index (χ0) is 16.7. The molecule has 0 saturated heterocycles. The summed E-state index contributed by atoms with van der Waals surface area (Å²) in [7, 11) is 0. The average molecular weight is 349 g/mol. The molecule has 130 valence electrons. The van der Waals surface area contributed by atoms with Gasteiger partial charge in [-0.15, -0.1) is 0 Å². The normalized spacial score (nSPS) is 33.7. The fourth-order valence-corrected chi connectivity index (χ4v) is 6.11. The molecule has 0 spiro atoms. The van der Waals surface area contributed by atoms with Crippen LogP contribution in [-0.2, 0) is 6.54 Å². The number of hydroxylamine groups is 1. The molecule has 24 heavy (non-hydrogen) atoms. The molecule has 0 aliphatic heterocycles. The van der Waals surface area contributed by atoms with Crippen molar-refractivity contribution in [1.82, 2.24) is 10.8 Å². The van der Waals surface area contributed by atoms with E-state index >= 15 is 0 Å². The van der Waals surface area contributed by atoms with E-state index in [1.54, 1.807) is 17.6 Å². The maximum absolute atomic E-state index is 11.4. The van der Waals surface area contributed by atoms with Gasteiger partial charge in [0.25, 0.3) is 5.91 Å². The van der Waals surface area contributed by atoms with E-state index in [0.29, 0.717) is 16.0 Å². The van der Waals surface area contributed by atoms with Gasteiger partial charge < -0.3 is 5.32 Å². The molecule has 1 aromatic rings. The molecule has 4 aliphatic rings. The van der Waals surface area contributed by atoms with Gasteiger partial charge in [0, 0.05) is 23.7 Å². The van der Waals surface area contributed by atoms with Crippen molar-refractivity contribution in [3.63, 3.8) is 0 Å². The van der Waals surface area contributed by atoms with E-state index in [1.807, 2.05) is 6.07 Å². The van der Waals surface area contributed by atoms with Crippen LogP contribution >= 0.6 is 11.6 Å². The van der Waals surface area contributed by atoms with Crippen LogP contribution in [0.4, 0.5) is 0 Å². The van der Waals surface area contributed by atoms with Crippen molar-refractivity contribution in [3.8, 4) is 0 Å². The number of carbonyl (C=O) groups excluding carboxylic acids is 1. The van der Waals surface area contributed by atoms with Crippen LogP contribution in [0.25, 0.3) is 0 Å². The molecular formula is C19H25ClN2O2. The summed E-state index contributed by atoms with van der Waals surface area (Å²) in [6.45, 7) is 1.80. The number of benzene rings is 1. The van der Waals surface area contributed by atoms with Gasteiger partial charge in [0.1, 0.15) is 0 Å². The van der Waals surface area contributed by atoms with Crippen molar-refractivity contribution < 1.29 is 10.0 Å². The molecule has 4 saturated carbocycles. The lowest BCUT2D eigenvalue weighted by Gasteiger charge is -2.57. The first-order valence-electron chi connectivity index (χ1n) is 9.00. The predicted octanol–water partition coefficient (Wildman–Crippen LogP) is 3.77. The number of hydrogen-bond donors (Lipinski definition) is 3. The molecule has 0 radical (unpaired) electrons. The molecule has 1 aromatic carbocycles. The fourth-order valence-electron chi connectivity index (χ4n) is 5.87. The minimum absolute atomic E-state index is 0.368. The number of amides is 1. The smallest absolute Gasteiger partial charge is 0.274 e. The summed E-state index contributed by atoms with van der Waals surface area (Å²) < 4.78 is 0. The van der Waals surface area contributed by atoms with Crippen LogP contribution in [0.5, 0.6) is 0 Å². The second kappa shape index (κ2) is 6.32. The summed E-state index contributed by atoms with van der Waals surface area (Å²) in [5.41, 5.74) is 3.51. The van der Waals surface area contributed by atoms with E-state index in [0.717, 1.165) is 36.4 Å². The highest BCUT2D eigenvalue weighted by Gasteiger charge is 2.50. The number of nitrogens with one attached hydrogen (secondary N) is 2. The molecule has 4 nitrogen and oxygen atoms in total. The topological polar surface area (TPSA) is 61.4 Å². The maximum atomic E-state index is 11.4. The van der Waals surface area contributed by atoms with Crippen LogP contribution in [0.2, 0.25) is 5.02 Å². The monoisotopic (exact) mass is 348 g/mol. The van der Waals surface area contributed by atoms with Gasteiger partial charge in [-0.3, -0.25) is 10.0 Å². The van der Waals surface area contributed by atoms with Crippen molar-refractivity contribution in [3.05, 3.63) is 34.3 Å². The van der Waals surface area contributed by atoms with Crippen molar-refractivity contribution in [1.29, 1.82) is 0 Å². The van der Waals surface area contributed by atoms with E-state index in [-0.39, 0.29) is 0 Å². The zero-order valence-corrected chi connectivity index (χ0v) is 14.6. The van der Waals surface area contributed by atoms with Gasteiger partial charge in [-0.1, -0.05) is 17.7 Å². The minimum Gasteiger partial charge on any atom is -0.312 e. The number of carbonyl (C=O) groups is 1. The first kappa shape index (κ1) is 16.4. The number of halogens is 1. The van der Waals surface area contributed by atoms with Gasteiger partial charge in [-0.25, -0.2) is 5.48 Å². The molecule has 4 bridgehead atoms. The molecule has 3 N–H and O–H groups in total. The second-order valence-electron chi connectivity index (χ2n) is 8.27. The van der Waals surface area contributed by atoms with Gasteiger partial charge in [0.05, 0.1) is 0 Å². The maximum Gasteiger partial charge on any atom is 0.274 e. The number of rotatable bonds is 5. The second-order valence-corrected chi connectivity index (χ2v) is 8.68. The standard InChI is InChI=1S/C19H25ClN2O2/c20-17-6-15(18(23)22-24)1-2-16(17)10-21-11-19-7-12-3-13(8-19)5-14(4-12)9-19/h1-2,6,12-14,21,24H,3-5,7-11H2,(H,22,23). The van der Waals surface area contributed by atoms with Crippen LogP contribution in [0.15, 0.2) is 18.2 Å². The fraction of sp³-hybridized carbons (Fsp3) is 0.632. The van der Waals surface area contributed by atoms with Gasteiger partial charge in [-0.05, 0) is 79.4 Å². The highest BCUT2D eigenvalue weighted by molar-refractivity contribution is 6.31. The zero-order valence-electron chi connectivity index (χ0n) is 13.9. The molecule has 5 rings (SSSR count). The van der Waals surface area contributed by atoms with E-state index in [2.05, 4.69) is 5.32 Å². The summed E-state index contributed by atoms with van der Waals surface area (Å²) in [5, 5.41) is 12.9. The van der Waals surface area contributed by atoms with E-state index in [9.17, 15) is 4.79 Å². The summed E-state index contributed by atoms with van der Waals surface area (Å²) in [6, 6.07) is 5.16. The third kappa shape index (κ3) is 3.07. The SMILES string of the molecule is O=C(NO)c1ccc(CNCC23CC4CC(CC(C4)C2)C3)c(Cl)c1. The Morgan fingerprint density at radius 3 is 2.33 bits per heavy atom. The Bertz CT molecular complexity index is 611. The van der Waals surface area contributed by atoms with E-state index < -0.39 is 5.91 Å². The van der Waals surface area contributed by atoms with Gasteiger partial charge in [0.2, 0.25) is 0 Å². The quantitative estimate of drug-likeness (QED) is 0.560. The van der Waals surface area contributed by atoms with Crippen molar-refractivity contribution >= 4 is 17.5 Å². The Kier molecular flexibility index (Phi) is 4.31. The van der Waals surface area contributed by atoms with Crippen LogP contribution in [0.1, 0.15) is 54.4 Å². The Morgan fingerprint density at radius 1 is 1.17 bits per heavy atom. The van der Waals surface area contributed by atoms with E-state index in [1.165, 1.54) is 38.5 Å². The molecule has 5 heteroatoms. The molecule has 0 unspecified atom stereocenters. The highest BCUT2D eigenvalue weighted by atomic mass is 35.5. The lowest BCUT2D eigenvalue weighted by Crippen LogP contribution is -2.50. The van der Waals surface area contributed by atoms with Crippen molar-refractivity contribution in [2.24, 2.45) is 23.2 Å². The van der Waals surface area contributed by atoms with Crippen LogP contribution in [-0.4, -0.2) is 17.7 Å². The first-order valence-corrected chi connectivity index (χ1v) is 9.38. The molecule has 4 fully saturated rings. The average Bonchev–Trinajstić information content (AvgIpc) is 2.54. The van der Waals surface area contributed by atoms with Crippen LogP contribution in [0, 0.1) is 23.2 Å². The largest absolute Gasteiger partial charge is 0.312 e. The summed E-state index contributed by atoms with van der Waals surface area (Å²) >= 11 is 6.28. The van der Waals surface area contributed by atoms with E-state index in [4.69, 9.17) is 16.8 Å². The van der Waals surface area contributed by atoms with Gasteiger partial charge in [0.15, 0.2) is 0 Å². The van der Waals surface area contributed by atoms with Gasteiger partial charge in [-0.2, -0.15) is 0 Å². The molecule has 1 amide bonds. The highest BCUT2D eigenvalue weighted by Crippen LogP contribution is 2.59. The summed E-state index contributed by atoms with van der Waals surface area (Å²) in [4.78, 5) is 11.4. The van der Waals surface area contributed by atoms with Crippen LogP contribution < -0.4 is 10.8 Å². The van der Waals surface area contributed by atoms with Crippen molar-refractivity contribution in [2.45, 2.75) is 45.1 Å². The molecule has 0 atom stereocenters. The number of hydrogen-bond acceptors (Lipinski definition) is 3. The third-order valence-corrected chi connectivity index (χ3v) is 6.75. The molecule has 0 aromatic heterocycles. The summed E-state index contributed by atoms with van der Waals surface area (Å²) in [6.07, 6.45) is 8.61.